The molecular weight excluding hydrogens is 577 g/mol. The standard InChI is InChI=1S/C28H36N7O5PS/c1-17(2)38-27(36)18(3)33-41(42,40-22-12-8-10-19-9-6-7-11-21(19)22)37-15-20-13-14-23(39-20)35-16-30-24-25(34(4)5)31-28(29)32-26(24)35/h6-12,16-18,20,23H,13-15H2,1-5H3,(H,33,42)(H2,29,31,32)/t18-,20-,23+,41?/m0/s1. The Bertz CT molecular complexity index is 1630. The first kappa shape index (κ1) is 30.1. The first-order valence-corrected chi connectivity index (χ1v) is 16.4. The molecule has 0 amide bonds. The minimum Gasteiger partial charge on any atom is -0.462 e. The van der Waals surface area contributed by atoms with Crippen LogP contribution in [0, 0.1) is 0 Å². The van der Waals surface area contributed by atoms with Crippen molar-refractivity contribution in [3.63, 3.8) is 0 Å². The molecule has 0 spiro atoms. The van der Waals surface area contributed by atoms with Crippen LogP contribution in [0.4, 0.5) is 11.8 Å². The van der Waals surface area contributed by atoms with Crippen LogP contribution >= 0.6 is 6.64 Å². The number of nitrogens with zero attached hydrogens (tertiary/aromatic N) is 5. The summed E-state index contributed by atoms with van der Waals surface area (Å²) in [7, 11) is 3.75. The summed E-state index contributed by atoms with van der Waals surface area (Å²) in [5.74, 6) is 0.925. The van der Waals surface area contributed by atoms with Gasteiger partial charge >= 0.3 is 12.6 Å². The predicted octanol–water partition coefficient (Wildman–Crippen LogP) is 4.56. The first-order chi connectivity index (χ1) is 20.0. The molecule has 12 nitrogen and oxygen atoms in total. The molecule has 5 rings (SSSR count). The number of esters is 1. The topological polar surface area (TPSA) is 139 Å². The van der Waals surface area contributed by atoms with Crippen LogP contribution in [0.3, 0.4) is 0 Å². The van der Waals surface area contributed by atoms with Crippen molar-refractivity contribution >= 4 is 58.1 Å². The highest BCUT2D eigenvalue weighted by Gasteiger charge is 2.33. The molecule has 1 aliphatic heterocycles. The van der Waals surface area contributed by atoms with E-state index in [1.165, 1.54) is 0 Å². The van der Waals surface area contributed by atoms with Gasteiger partial charge in [0.05, 0.1) is 25.1 Å². The molecule has 0 bridgehead atoms. The zero-order chi connectivity index (χ0) is 30.0. The summed E-state index contributed by atoms with van der Waals surface area (Å²) in [6, 6.07) is 12.8. The Morgan fingerprint density at radius 3 is 2.71 bits per heavy atom. The maximum atomic E-state index is 12.6. The quantitative estimate of drug-likeness (QED) is 0.181. The number of carbonyl (C=O) groups is 1. The summed E-state index contributed by atoms with van der Waals surface area (Å²) in [6.07, 6.45) is 2.24. The number of imidazole rings is 1. The van der Waals surface area contributed by atoms with E-state index in [-0.39, 0.29) is 31.0 Å². The Balaban J connectivity index is 1.33. The number of nitrogens with two attached hydrogens (primary N) is 1. The number of carbonyl (C=O) groups excluding carboxylic acids is 1. The van der Waals surface area contributed by atoms with E-state index in [0.29, 0.717) is 35.6 Å². The van der Waals surface area contributed by atoms with Gasteiger partial charge in [0.15, 0.2) is 17.0 Å². The Hall–Kier alpha value is -3.35. The fraction of sp³-hybridized carbons (Fsp3) is 0.429. The Morgan fingerprint density at radius 2 is 1.95 bits per heavy atom. The lowest BCUT2D eigenvalue weighted by Crippen LogP contribution is -2.36. The summed E-state index contributed by atoms with van der Waals surface area (Å²) in [5.41, 5.74) is 7.23. The van der Waals surface area contributed by atoms with E-state index in [0.717, 1.165) is 10.8 Å². The van der Waals surface area contributed by atoms with Crippen LogP contribution < -0.4 is 20.2 Å². The summed E-state index contributed by atoms with van der Waals surface area (Å²) < 4.78 is 26.3. The zero-order valence-electron chi connectivity index (χ0n) is 24.3. The lowest BCUT2D eigenvalue weighted by molar-refractivity contribution is -0.149. The summed E-state index contributed by atoms with van der Waals surface area (Å²) in [4.78, 5) is 27.7. The predicted molar refractivity (Wildman–Crippen MR) is 166 cm³/mol. The molecule has 14 heteroatoms. The van der Waals surface area contributed by atoms with Gasteiger partial charge in [-0.15, -0.1) is 0 Å². The number of ether oxygens (including phenoxy) is 2. The molecule has 0 saturated carbocycles. The monoisotopic (exact) mass is 613 g/mol. The number of nitrogens with one attached hydrogen (secondary N) is 1. The van der Waals surface area contributed by atoms with Crippen molar-refractivity contribution in [1.82, 2.24) is 24.6 Å². The number of benzene rings is 2. The largest absolute Gasteiger partial charge is 0.462 e. The molecule has 0 radical (unpaired) electrons. The molecule has 2 aromatic heterocycles. The molecular formula is C28H36N7O5PS. The van der Waals surface area contributed by atoms with Gasteiger partial charge in [-0.05, 0) is 56.9 Å². The number of anilines is 2. The van der Waals surface area contributed by atoms with E-state index >= 15 is 0 Å². The fourth-order valence-electron chi connectivity index (χ4n) is 4.75. The van der Waals surface area contributed by atoms with E-state index in [2.05, 4.69) is 20.0 Å². The Kier molecular flexibility index (Phi) is 8.95. The third-order valence-corrected chi connectivity index (χ3v) is 9.18. The van der Waals surface area contributed by atoms with Crippen molar-refractivity contribution in [2.24, 2.45) is 0 Å². The van der Waals surface area contributed by atoms with Crippen molar-refractivity contribution in [3.05, 3.63) is 48.8 Å². The van der Waals surface area contributed by atoms with Gasteiger partial charge in [0, 0.05) is 19.5 Å². The van der Waals surface area contributed by atoms with E-state index < -0.39 is 18.7 Å². The third kappa shape index (κ3) is 6.66. The fourth-order valence-corrected chi connectivity index (χ4v) is 7.19. The van der Waals surface area contributed by atoms with Crippen LogP contribution in [0.1, 0.15) is 39.8 Å². The Labute approximate surface area is 249 Å². The van der Waals surface area contributed by atoms with Crippen molar-refractivity contribution in [2.75, 3.05) is 31.3 Å². The molecule has 0 aliphatic carbocycles. The van der Waals surface area contributed by atoms with Gasteiger partial charge in [0.1, 0.15) is 18.0 Å². The second-order valence-corrected chi connectivity index (χ2v) is 13.7. The highest BCUT2D eigenvalue weighted by Crippen LogP contribution is 2.48. The van der Waals surface area contributed by atoms with Gasteiger partial charge in [-0.2, -0.15) is 9.97 Å². The van der Waals surface area contributed by atoms with Gasteiger partial charge in [-0.1, -0.05) is 36.4 Å². The number of hydrogen-bond acceptors (Lipinski definition) is 11. The second kappa shape index (κ2) is 12.5. The van der Waals surface area contributed by atoms with Crippen LogP contribution in [0.5, 0.6) is 5.75 Å². The lowest BCUT2D eigenvalue weighted by atomic mass is 10.1. The number of hydrogen-bond donors (Lipinski definition) is 2. The molecule has 2 aromatic carbocycles. The van der Waals surface area contributed by atoms with E-state index in [4.69, 9.17) is 36.1 Å². The van der Waals surface area contributed by atoms with E-state index in [1.54, 1.807) is 27.1 Å². The van der Waals surface area contributed by atoms with Gasteiger partial charge in [0.2, 0.25) is 5.95 Å². The van der Waals surface area contributed by atoms with Gasteiger partial charge in [0.25, 0.3) is 0 Å². The highest BCUT2D eigenvalue weighted by atomic mass is 32.5. The molecule has 1 aliphatic rings. The minimum absolute atomic E-state index is 0.157. The summed E-state index contributed by atoms with van der Waals surface area (Å²) in [5, 5.41) is 5.01. The minimum atomic E-state index is -3.25. The molecule has 4 aromatic rings. The highest BCUT2D eigenvalue weighted by molar-refractivity contribution is 8.09. The van der Waals surface area contributed by atoms with Crippen molar-refractivity contribution in [2.45, 2.75) is 58.1 Å². The molecule has 1 saturated heterocycles. The Morgan fingerprint density at radius 1 is 1.19 bits per heavy atom. The second-order valence-electron chi connectivity index (χ2n) is 10.6. The number of fused-ring (bicyclic) bond motifs is 2. The molecule has 3 heterocycles. The molecule has 4 atom stereocenters. The average molecular weight is 614 g/mol. The zero-order valence-corrected chi connectivity index (χ0v) is 26.0. The SMILES string of the molecule is CC(C)OC(=O)[C@H](C)NP(=S)(OC[C@@H]1CC[C@H](n2cnc3c(N(C)C)nc(N)nc32)O1)Oc1cccc2ccccc12. The van der Waals surface area contributed by atoms with Gasteiger partial charge in [-0.3, -0.25) is 9.36 Å². The van der Waals surface area contributed by atoms with E-state index in [1.807, 2.05) is 66.0 Å². The maximum Gasteiger partial charge on any atom is 0.323 e. The van der Waals surface area contributed by atoms with E-state index in [9.17, 15) is 4.79 Å². The van der Waals surface area contributed by atoms with Gasteiger partial charge < -0.3 is 29.2 Å². The molecule has 224 valence electrons. The number of aromatic nitrogens is 4. The van der Waals surface area contributed by atoms with Crippen molar-refractivity contribution in [1.29, 1.82) is 0 Å². The van der Waals surface area contributed by atoms with Crippen LogP contribution in [-0.2, 0) is 30.6 Å². The van der Waals surface area contributed by atoms with Crippen LogP contribution in [0.15, 0.2) is 48.8 Å². The molecule has 1 fully saturated rings. The molecule has 42 heavy (non-hydrogen) atoms. The molecule has 3 N–H and O–H groups in total. The van der Waals surface area contributed by atoms with Crippen molar-refractivity contribution in [3.8, 4) is 5.75 Å². The molecule has 1 unspecified atom stereocenters. The smallest absolute Gasteiger partial charge is 0.323 e. The number of rotatable bonds is 11. The van der Waals surface area contributed by atoms with Crippen LogP contribution in [0.2, 0.25) is 0 Å². The summed E-state index contributed by atoms with van der Waals surface area (Å²) >= 11 is 5.96. The maximum absolute atomic E-state index is 12.6. The lowest BCUT2D eigenvalue weighted by Gasteiger charge is -2.28. The van der Waals surface area contributed by atoms with Gasteiger partial charge in [-0.25, -0.2) is 10.1 Å². The average Bonchev–Trinajstić information content (AvgIpc) is 3.58. The van der Waals surface area contributed by atoms with Crippen molar-refractivity contribution < 1.29 is 23.3 Å². The summed E-state index contributed by atoms with van der Waals surface area (Å²) in [6.45, 7) is 2.18. The third-order valence-electron chi connectivity index (χ3n) is 6.70. The van der Waals surface area contributed by atoms with Crippen LogP contribution in [0.25, 0.3) is 21.9 Å². The first-order valence-electron chi connectivity index (χ1n) is 13.8. The normalized spacial score (nSPS) is 19.2. The number of nitrogen functional groups attached to an aromatic ring is 1. The van der Waals surface area contributed by atoms with Crippen LogP contribution in [-0.4, -0.2) is 64.4 Å².